The lowest BCUT2D eigenvalue weighted by Crippen LogP contribution is -2.30. The minimum absolute atomic E-state index is 0.126. The largest absolute Gasteiger partial charge is 0.389 e. The summed E-state index contributed by atoms with van der Waals surface area (Å²) in [7, 11) is 0. The third-order valence-corrected chi connectivity index (χ3v) is 4.41. The second kappa shape index (κ2) is 7.43. The van der Waals surface area contributed by atoms with E-state index >= 15 is 0 Å². The van der Waals surface area contributed by atoms with Crippen molar-refractivity contribution in [1.29, 1.82) is 0 Å². The number of β-amino-alcohol motifs (C(OH)–C–C–N with tert-alkyl or cyclic N) is 1. The van der Waals surface area contributed by atoms with Gasteiger partial charge in [-0.05, 0) is 24.1 Å². The highest BCUT2D eigenvalue weighted by molar-refractivity contribution is 6.35. The molecular weight excluding hydrogens is 367 g/mol. The van der Waals surface area contributed by atoms with Gasteiger partial charge in [0.1, 0.15) is 5.69 Å². The van der Waals surface area contributed by atoms with Crippen LogP contribution < -0.4 is 10.6 Å². The van der Waals surface area contributed by atoms with Crippen LogP contribution in [0.15, 0.2) is 24.3 Å². The van der Waals surface area contributed by atoms with E-state index < -0.39 is 12.0 Å². The summed E-state index contributed by atoms with van der Waals surface area (Å²) in [6.45, 7) is 0.671. The molecule has 0 fully saturated rings. The highest BCUT2D eigenvalue weighted by Crippen LogP contribution is 2.21. The minimum Gasteiger partial charge on any atom is -0.389 e. The molecule has 0 bridgehead atoms. The van der Waals surface area contributed by atoms with E-state index in [4.69, 9.17) is 23.2 Å². The highest BCUT2D eigenvalue weighted by atomic mass is 35.5. The molecule has 9 heteroatoms. The first-order chi connectivity index (χ1) is 11.9. The van der Waals surface area contributed by atoms with Crippen LogP contribution in [-0.4, -0.2) is 45.9 Å². The lowest BCUT2D eigenvalue weighted by atomic mass is 10.1. The standard InChI is InChI=1S/C16H16Cl2N4O3/c17-10-2-1-9(12(18)5-10)3-4-19-15(24)13-6-14-16(25)20-7-11(23)8-22(14)21-13/h1-2,5-6,11,23H,3-4,7-8H2,(H,19,24)(H,20,25)/t11-/m0/s1. The van der Waals surface area contributed by atoms with Crippen LogP contribution in [0.3, 0.4) is 0 Å². The van der Waals surface area contributed by atoms with Crippen LogP contribution in [0.2, 0.25) is 10.0 Å². The molecule has 0 spiro atoms. The summed E-state index contributed by atoms with van der Waals surface area (Å²) in [6, 6.07) is 6.61. The smallest absolute Gasteiger partial charge is 0.271 e. The van der Waals surface area contributed by atoms with Gasteiger partial charge >= 0.3 is 0 Å². The Morgan fingerprint density at radius 3 is 2.96 bits per heavy atom. The van der Waals surface area contributed by atoms with E-state index in [2.05, 4.69) is 15.7 Å². The van der Waals surface area contributed by atoms with Gasteiger partial charge in [0.15, 0.2) is 5.69 Å². The first kappa shape index (κ1) is 17.7. The molecule has 0 aliphatic carbocycles. The molecule has 2 amide bonds. The Morgan fingerprint density at radius 1 is 1.40 bits per heavy atom. The number of carbonyl (C=O) groups is 2. The van der Waals surface area contributed by atoms with E-state index in [0.29, 0.717) is 23.0 Å². The minimum atomic E-state index is -0.743. The number of hydrogen-bond donors (Lipinski definition) is 3. The number of nitrogens with zero attached hydrogens (tertiary/aromatic N) is 2. The van der Waals surface area contributed by atoms with Crippen LogP contribution in [0.25, 0.3) is 0 Å². The zero-order chi connectivity index (χ0) is 18.0. The van der Waals surface area contributed by atoms with Crippen LogP contribution >= 0.6 is 23.2 Å². The van der Waals surface area contributed by atoms with E-state index in [1.54, 1.807) is 18.2 Å². The third-order valence-electron chi connectivity index (χ3n) is 3.82. The predicted molar refractivity (Wildman–Crippen MR) is 93.1 cm³/mol. The van der Waals surface area contributed by atoms with Gasteiger partial charge in [-0.15, -0.1) is 0 Å². The molecule has 0 unspecified atom stereocenters. The van der Waals surface area contributed by atoms with E-state index in [0.717, 1.165) is 5.56 Å². The lowest BCUT2D eigenvalue weighted by molar-refractivity contribution is 0.0931. The van der Waals surface area contributed by atoms with Crippen molar-refractivity contribution in [3.63, 3.8) is 0 Å². The number of benzene rings is 1. The van der Waals surface area contributed by atoms with E-state index in [-0.39, 0.29) is 30.4 Å². The molecule has 3 rings (SSSR count). The van der Waals surface area contributed by atoms with Crippen molar-refractivity contribution in [3.05, 3.63) is 51.3 Å². The van der Waals surface area contributed by atoms with Crippen molar-refractivity contribution in [2.75, 3.05) is 13.1 Å². The number of rotatable bonds is 4. The number of nitrogens with one attached hydrogen (secondary N) is 2. The van der Waals surface area contributed by atoms with Crippen LogP contribution in [0.5, 0.6) is 0 Å². The summed E-state index contributed by atoms with van der Waals surface area (Å²) in [5.74, 6) is -0.760. The fourth-order valence-corrected chi connectivity index (χ4v) is 3.04. The number of hydrogen-bond acceptors (Lipinski definition) is 4. The van der Waals surface area contributed by atoms with Gasteiger partial charge in [0.25, 0.3) is 11.8 Å². The Balaban J connectivity index is 1.63. The molecule has 3 N–H and O–H groups in total. The number of amides is 2. The maximum Gasteiger partial charge on any atom is 0.271 e. The molecule has 1 aromatic carbocycles. The van der Waals surface area contributed by atoms with Crippen molar-refractivity contribution < 1.29 is 14.7 Å². The molecule has 1 aliphatic heterocycles. The van der Waals surface area contributed by atoms with Crippen LogP contribution in [0.1, 0.15) is 26.5 Å². The number of aliphatic hydroxyl groups excluding tert-OH is 1. The molecule has 0 saturated heterocycles. The van der Waals surface area contributed by atoms with Gasteiger partial charge in [-0.1, -0.05) is 29.3 Å². The summed E-state index contributed by atoms with van der Waals surface area (Å²) in [4.78, 5) is 24.1. The molecule has 2 heterocycles. The third kappa shape index (κ3) is 4.12. The molecule has 1 aliphatic rings. The molecule has 2 aromatic rings. The van der Waals surface area contributed by atoms with Crippen molar-refractivity contribution in [1.82, 2.24) is 20.4 Å². The molecule has 7 nitrogen and oxygen atoms in total. The Morgan fingerprint density at radius 2 is 2.20 bits per heavy atom. The number of fused-ring (bicyclic) bond motifs is 1. The molecule has 132 valence electrons. The number of aliphatic hydroxyl groups is 1. The monoisotopic (exact) mass is 382 g/mol. The fraction of sp³-hybridized carbons (Fsp3) is 0.312. The lowest BCUT2D eigenvalue weighted by Gasteiger charge is -2.07. The van der Waals surface area contributed by atoms with E-state index in [1.807, 2.05) is 0 Å². The summed E-state index contributed by atoms with van der Waals surface area (Å²) in [5, 5.41) is 20.2. The van der Waals surface area contributed by atoms with Crippen molar-refractivity contribution in [2.45, 2.75) is 19.1 Å². The first-order valence-corrected chi connectivity index (χ1v) is 8.46. The summed E-state index contributed by atoms with van der Waals surface area (Å²) >= 11 is 11.9. The van der Waals surface area contributed by atoms with Gasteiger partial charge in [0.2, 0.25) is 0 Å². The maximum atomic E-state index is 12.2. The topological polar surface area (TPSA) is 96.2 Å². The molecule has 1 atom stereocenters. The molecule has 0 saturated carbocycles. The second-order valence-corrected chi connectivity index (χ2v) is 6.55. The number of halogens is 2. The normalized spacial score (nSPS) is 16.8. The Hall–Kier alpha value is -2.09. The van der Waals surface area contributed by atoms with Crippen molar-refractivity contribution >= 4 is 35.0 Å². The van der Waals surface area contributed by atoms with E-state index in [1.165, 1.54) is 10.7 Å². The van der Waals surface area contributed by atoms with Crippen LogP contribution in [-0.2, 0) is 13.0 Å². The first-order valence-electron chi connectivity index (χ1n) is 7.70. The predicted octanol–water partition coefficient (Wildman–Crippen LogP) is 1.27. The average Bonchev–Trinajstić information content (AvgIpc) is 2.93. The second-order valence-electron chi connectivity index (χ2n) is 5.70. The van der Waals surface area contributed by atoms with E-state index in [9.17, 15) is 14.7 Å². The fourth-order valence-electron chi connectivity index (χ4n) is 2.54. The Labute approximate surface area is 153 Å². The maximum absolute atomic E-state index is 12.2. The highest BCUT2D eigenvalue weighted by Gasteiger charge is 2.24. The van der Waals surface area contributed by atoms with Gasteiger partial charge in [-0.3, -0.25) is 14.3 Å². The van der Waals surface area contributed by atoms with Crippen LogP contribution in [0, 0.1) is 0 Å². The molecule has 0 radical (unpaired) electrons. The zero-order valence-electron chi connectivity index (χ0n) is 13.1. The number of aromatic nitrogens is 2. The van der Waals surface area contributed by atoms with Crippen molar-refractivity contribution in [3.8, 4) is 0 Å². The number of carbonyl (C=O) groups excluding carboxylic acids is 2. The quantitative estimate of drug-likeness (QED) is 0.741. The average molecular weight is 383 g/mol. The Kier molecular flexibility index (Phi) is 5.27. The summed E-state index contributed by atoms with van der Waals surface area (Å²) < 4.78 is 1.35. The molecule has 1 aromatic heterocycles. The van der Waals surface area contributed by atoms with Gasteiger partial charge in [0.05, 0.1) is 12.6 Å². The summed E-state index contributed by atoms with van der Waals surface area (Å²) in [5.41, 5.74) is 1.25. The molecule has 25 heavy (non-hydrogen) atoms. The molecular formula is C16H16Cl2N4O3. The van der Waals surface area contributed by atoms with Gasteiger partial charge in [0, 0.05) is 29.2 Å². The Bertz CT molecular complexity index is 822. The van der Waals surface area contributed by atoms with Gasteiger partial charge < -0.3 is 15.7 Å². The van der Waals surface area contributed by atoms with Crippen LogP contribution in [0.4, 0.5) is 0 Å². The van der Waals surface area contributed by atoms with Gasteiger partial charge in [-0.25, -0.2) is 0 Å². The zero-order valence-corrected chi connectivity index (χ0v) is 14.6. The SMILES string of the molecule is O=C(NCCc1ccc(Cl)cc1Cl)c1cc2n(n1)C[C@@H](O)CNC2=O. The van der Waals surface area contributed by atoms with Crippen molar-refractivity contribution in [2.24, 2.45) is 0 Å². The van der Waals surface area contributed by atoms with Gasteiger partial charge in [-0.2, -0.15) is 5.10 Å². The summed E-state index contributed by atoms with van der Waals surface area (Å²) in [6.07, 6.45) is -0.206.